The molecular weight excluding hydrogens is 577 g/mol. The molecule has 0 aliphatic carbocycles. The number of aromatic nitrogens is 2. The molecule has 2 aliphatic rings. The van der Waals surface area contributed by atoms with Crippen molar-refractivity contribution < 1.29 is 9.47 Å². The molecule has 6 aromatic carbocycles. The van der Waals surface area contributed by atoms with Gasteiger partial charge in [-0.1, -0.05) is 60.7 Å². The average Bonchev–Trinajstić information content (AvgIpc) is 3.60. The van der Waals surface area contributed by atoms with Crippen LogP contribution in [0, 0.1) is 0 Å². The first kappa shape index (κ1) is 25.6. The summed E-state index contributed by atoms with van der Waals surface area (Å²) in [6.07, 6.45) is 0. The molecule has 0 saturated heterocycles. The number of nitrogens with zero attached hydrogens (tertiary/aromatic N) is 4. The Bertz CT molecular complexity index is 2040. The molecule has 7 heteroatoms. The van der Waals surface area contributed by atoms with Crippen LogP contribution in [0.5, 0.6) is 23.0 Å². The van der Waals surface area contributed by atoms with Crippen molar-refractivity contribution in [3.63, 3.8) is 0 Å². The van der Waals surface area contributed by atoms with E-state index in [0.29, 0.717) is 5.82 Å². The van der Waals surface area contributed by atoms with Gasteiger partial charge in [-0.25, -0.2) is 4.98 Å². The molecule has 214 valence electrons. The Morgan fingerprint density at radius 2 is 0.911 bits per heavy atom. The summed E-state index contributed by atoms with van der Waals surface area (Å²) in [5.74, 6) is 3.89. The zero-order valence-corrected chi connectivity index (χ0v) is 24.7. The SMILES string of the molecule is c1ccc(N2c3ccccc3Oc3ccc(-c4nsc(-c5ccc6c(c5)N(c5ccccc5)c5ccccc5O6)n4)cc32)cc1. The van der Waals surface area contributed by atoms with Crippen LogP contribution in [0.2, 0.25) is 0 Å². The summed E-state index contributed by atoms with van der Waals surface area (Å²) in [6, 6.07) is 49.2. The van der Waals surface area contributed by atoms with E-state index in [1.807, 2.05) is 78.9 Å². The molecule has 0 amide bonds. The third-order valence-electron chi connectivity index (χ3n) is 8.01. The molecule has 0 atom stereocenters. The van der Waals surface area contributed by atoms with Crippen molar-refractivity contribution in [1.82, 2.24) is 9.36 Å². The van der Waals surface area contributed by atoms with Gasteiger partial charge < -0.3 is 19.3 Å². The van der Waals surface area contributed by atoms with E-state index in [-0.39, 0.29) is 0 Å². The van der Waals surface area contributed by atoms with Crippen molar-refractivity contribution in [2.45, 2.75) is 0 Å². The largest absolute Gasteiger partial charge is 0.453 e. The highest BCUT2D eigenvalue weighted by Gasteiger charge is 2.28. The third-order valence-corrected chi connectivity index (χ3v) is 8.78. The second-order valence-corrected chi connectivity index (χ2v) is 11.5. The summed E-state index contributed by atoms with van der Waals surface area (Å²) in [5.41, 5.74) is 7.89. The van der Waals surface area contributed by atoms with Crippen molar-refractivity contribution in [2.24, 2.45) is 0 Å². The maximum absolute atomic E-state index is 6.33. The van der Waals surface area contributed by atoms with E-state index < -0.39 is 0 Å². The highest BCUT2D eigenvalue weighted by molar-refractivity contribution is 7.09. The normalized spacial score (nSPS) is 12.7. The number of para-hydroxylation sites is 6. The number of benzene rings is 6. The fourth-order valence-corrected chi connectivity index (χ4v) is 6.63. The lowest BCUT2D eigenvalue weighted by Crippen LogP contribution is -2.15. The van der Waals surface area contributed by atoms with Crippen LogP contribution < -0.4 is 19.3 Å². The molecule has 45 heavy (non-hydrogen) atoms. The molecule has 9 rings (SSSR count). The minimum atomic E-state index is 0.670. The fourth-order valence-electron chi connectivity index (χ4n) is 5.95. The Hall–Kier alpha value is -5.92. The lowest BCUT2D eigenvalue weighted by Gasteiger charge is -2.33. The van der Waals surface area contributed by atoms with E-state index in [2.05, 4.69) is 76.5 Å². The molecule has 0 fully saturated rings. The zero-order chi connectivity index (χ0) is 29.7. The average molecular weight is 601 g/mol. The summed E-state index contributed by atoms with van der Waals surface area (Å²) < 4.78 is 17.5. The lowest BCUT2D eigenvalue weighted by atomic mass is 10.1. The van der Waals surface area contributed by atoms with Gasteiger partial charge in [-0.05, 0) is 96.5 Å². The van der Waals surface area contributed by atoms with Crippen LogP contribution >= 0.6 is 11.5 Å². The predicted molar refractivity (Wildman–Crippen MR) is 180 cm³/mol. The van der Waals surface area contributed by atoms with Crippen molar-refractivity contribution >= 4 is 45.7 Å². The Morgan fingerprint density at radius 1 is 0.444 bits per heavy atom. The molecule has 0 unspecified atom stereocenters. The number of hydrogen-bond acceptors (Lipinski definition) is 7. The smallest absolute Gasteiger partial charge is 0.173 e. The van der Waals surface area contributed by atoms with E-state index in [0.717, 1.165) is 73.3 Å². The van der Waals surface area contributed by atoms with Crippen LogP contribution in [0.25, 0.3) is 22.0 Å². The van der Waals surface area contributed by atoms with Crippen molar-refractivity contribution in [1.29, 1.82) is 0 Å². The Labute approximate surface area is 264 Å². The van der Waals surface area contributed by atoms with E-state index in [4.69, 9.17) is 18.8 Å². The third kappa shape index (κ3) is 4.32. The summed E-state index contributed by atoms with van der Waals surface area (Å²) in [7, 11) is 0. The molecule has 6 nitrogen and oxygen atoms in total. The zero-order valence-electron chi connectivity index (χ0n) is 23.9. The monoisotopic (exact) mass is 600 g/mol. The van der Waals surface area contributed by atoms with Gasteiger partial charge in [-0.15, -0.1) is 0 Å². The molecule has 0 spiro atoms. The van der Waals surface area contributed by atoms with Gasteiger partial charge in [-0.3, -0.25) is 0 Å². The van der Waals surface area contributed by atoms with E-state index in [9.17, 15) is 0 Å². The quantitative estimate of drug-likeness (QED) is 0.200. The maximum Gasteiger partial charge on any atom is 0.173 e. The first-order chi connectivity index (χ1) is 22.3. The maximum atomic E-state index is 6.33. The lowest BCUT2D eigenvalue weighted by molar-refractivity contribution is 0.477. The van der Waals surface area contributed by atoms with Gasteiger partial charge in [0.1, 0.15) is 5.01 Å². The molecule has 1 aromatic heterocycles. The van der Waals surface area contributed by atoms with Crippen LogP contribution in [-0.2, 0) is 0 Å². The predicted octanol–water partition coefficient (Wildman–Crippen LogP) is 11.0. The first-order valence-corrected chi connectivity index (χ1v) is 15.4. The molecule has 3 heterocycles. The van der Waals surface area contributed by atoms with Gasteiger partial charge in [0.05, 0.1) is 22.7 Å². The van der Waals surface area contributed by atoms with Crippen LogP contribution in [0.3, 0.4) is 0 Å². The number of ether oxygens (including phenoxy) is 2. The highest BCUT2D eigenvalue weighted by Crippen LogP contribution is 2.53. The van der Waals surface area contributed by atoms with Gasteiger partial charge in [0.2, 0.25) is 0 Å². The summed E-state index contributed by atoms with van der Waals surface area (Å²) >= 11 is 1.39. The molecule has 2 aliphatic heterocycles. The van der Waals surface area contributed by atoms with E-state index >= 15 is 0 Å². The van der Waals surface area contributed by atoms with Gasteiger partial charge in [-0.2, -0.15) is 4.37 Å². The standard InChI is InChI=1S/C38H24N4O2S/c1-3-11-27(12-4-1)41-29-15-7-9-17-33(29)43-35-21-19-25(23-31(35)41)37-39-38(45-40-37)26-20-22-36-32(24-26)42(28-13-5-2-6-14-28)30-16-8-10-18-34(30)44-36/h1-24H. The van der Waals surface area contributed by atoms with Crippen molar-refractivity contribution in [2.75, 3.05) is 9.80 Å². The van der Waals surface area contributed by atoms with Crippen molar-refractivity contribution in [3.05, 3.63) is 146 Å². The van der Waals surface area contributed by atoms with Gasteiger partial charge in [0.15, 0.2) is 28.8 Å². The van der Waals surface area contributed by atoms with Crippen LogP contribution in [-0.4, -0.2) is 9.36 Å². The molecule has 7 aromatic rings. The summed E-state index contributed by atoms with van der Waals surface area (Å²) in [6.45, 7) is 0. The van der Waals surface area contributed by atoms with Crippen LogP contribution in [0.15, 0.2) is 146 Å². The van der Waals surface area contributed by atoms with E-state index in [1.165, 1.54) is 11.5 Å². The molecule has 0 radical (unpaired) electrons. The minimum Gasteiger partial charge on any atom is -0.453 e. The topological polar surface area (TPSA) is 50.7 Å². The van der Waals surface area contributed by atoms with E-state index in [1.54, 1.807) is 0 Å². The van der Waals surface area contributed by atoms with Crippen LogP contribution in [0.4, 0.5) is 34.1 Å². The number of anilines is 6. The minimum absolute atomic E-state index is 0.670. The Balaban J connectivity index is 1.10. The Kier molecular flexibility index (Phi) is 5.89. The molecular formula is C38H24N4O2S. The second-order valence-electron chi connectivity index (χ2n) is 10.8. The van der Waals surface area contributed by atoms with Crippen molar-refractivity contribution in [3.8, 4) is 45.0 Å². The number of rotatable bonds is 4. The molecule has 0 saturated carbocycles. The molecule has 0 N–H and O–H groups in total. The summed E-state index contributed by atoms with van der Waals surface area (Å²) in [4.78, 5) is 9.48. The second kappa shape index (κ2) is 10.4. The summed E-state index contributed by atoms with van der Waals surface area (Å²) in [5, 5.41) is 0.832. The number of fused-ring (bicyclic) bond motifs is 4. The highest BCUT2D eigenvalue weighted by atomic mass is 32.1. The fraction of sp³-hybridized carbons (Fsp3) is 0. The van der Waals surface area contributed by atoms with Gasteiger partial charge >= 0.3 is 0 Å². The number of hydrogen-bond donors (Lipinski definition) is 0. The Morgan fingerprint density at radius 3 is 1.49 bits per heavy atom. The van der Waals surface area contributed by atoms with Gasteiger partial charge in [0, 0.05) is 22.5 Å². The van der Waals surface area contributed by atoms with Gasteiger partial charge in [0.25, 0.3) is 0 Å². The molecule has 0 bridgehead atoms. The van der Waals surface area contributed by atoms with Crippen LogP contribution in [0.1, 0.15) is 0 Å². The first-order valence-electron chi connectivity index (χ1n) is 14.7.